The van der Waals surface area contributed by atoms with Crippen LogP contribution in [0.4, 0.5) is 0 Å². The zero-order valence-corrected chi connectivity index (χ0v) is 13.8. The van der Waals surface area contributed by atoms with Crippen LogP contribution in [0.3, 0.4) is 0 Å². The van der Waals surface area contributed by atoms with Gasteiger partial charge in [0.1, 0.15) is 24.4 Å². The number of hydrogen-bond donors (Lipinski definition) is 5. The lowest BCUT2D eigenvalue weighted by Gasteiger charge is -2.43. The number of benzene rings is 1. The van der Waals surface area contributed by atoms with Gasteiger partial charge < -0.3 is 30.3 Å². The summed E-state index contributed by atoms with van der Waals surface area (Å²) < 4.78 is 5.74. The van der Waals surface area contributed by atoms with Crippen molar-refractivity contribution in [1.29, 1.82) is 0 Å². The van der Waals surface area contributed by atoms with Crippen molar-refractivity contribution >= 4 is 0 Å². The van der Waals surface area contributed by atoms with Crippen molar-refractivity contribution < 1.29 is 30.3 Å². The zero-order valence-electron chi connectivity index (χ0n) is 13.8. The van der Waals surface area contributed by atoms with Crippen LogP contribution in [-0.4, -0.2) is 85.7 Å². The molecular formula is C18H25NO6. The van der Waals surface area contributed by atoms with Crippen LogP contribution in [0.2, 0.25) is 0 Å². The van der Waals surface area contributed by atoms with Gasteiger partial charge in [-0.2, -0.15) is 0 Å². The number of aliphatic hydroxyl groups excluding tert-OH is 5. The molecule has 25 heavy (non-hydrogen) atoms. The maximum absolute atomic E-state index is 10.4. The molecule has 138 valence electrons. The van der Waals surface area contributed by atoms with Crippen LogP contribution in [-0.2, 0) is 11.3 Å². The highest BCUT2D eigenvalue weighted by Gasteiger charge is 2.61. The standard InChI is InChI=1S/C18H25NO6/c20-8-12-16(23)17(24)18(25-12)13-10-6-11(15(22)14(10)21)19(13)7-9-4-2-1-3-5-9/h1-5,10-18,20-24H,6-8H2/t10-,11-,12+,13-,14-,15+,16+,17-,18-/m0/s1. The molecule has 2 aliphatic heterocycles. The lowest BCUT2D eigenvalue weighted by molar-refractivity contribution is -0.123. The van der Waals surface area contributed by atoms with E-state index in [1.165, 1.54) is 0 Å². The Morgan fingerprint density at radius 3 is 2.32 bits per heavy atom. The number of likely N-dealkylation sites (tertiary alicyclic amines) is 1. The molecule has 2 bridgehead atoms. The van der Waals surface area contributed by atoms with E-state index in [0.29, 0.717) is 13.0 Å². The highest BCUT2D eigenvalue weighted by atomic mass is 16.6. The second-order valence-electron chi connectivity index (χ2n) is 7.40. The highest BCUT2D eigenvalue weighted by Crippen LogP contribution is 2.47. The van der Waals surface area contributed by atoms with Crippen molar-refractivity contribution in [2.75, 3.05) is 6.61 Å². The molecule has 7 nitrogen and oxygen atoms in total. The van der Waals surface area contributed by atoms with Gasteiger partial charge in [0.2, 0.25) is 0 Å². The van der Waals surface area contributed by atoms with Crippen LogP contribution in [0.1, 0.15) is 12.0 Å². The Kier molecular flexibility index (Phi) is 4.57. The molecule has 1 aromatic carbocycles. The second kappa shape index (κ2) is 6.59. The number of fused-ring (bicyclic) bond motifs is 2. The maximum Gasteiger partial charge on any atom is 0.111 e. The van der Waals surface area contributed by atoms with Crippen LogP contribution in [0, 0.1) is 5.92 Å². The first-order valence-corrected chi connectivity index (χ1v) is 8.81. The summed E-state index contributed by atoms with van der Waals surface area (Å²) in [5.74, 6) is -0.243. The predicted molar refractivity (Wildman–Crippen MR) is 87.4 cm³/mol. The van der Waals surface area contributed by atoms with Gasteiger partial charge in [-0.3, -0.25) is 4.90 Å². The monoisotopic (exact) mass is 351 g/mol. The van der Waals surface area contributed by atoms with Crippen molar-refractivity contribution in [1.82, 2.24) is 4.90 Å². The summed E-state index contributed by atoms with van der Waals surface area (Å²) >= 11 is 0. The summed E-state index contributed by atoms with van der Waals surface area (Å²) in [4.78, 5) is 2.07. The van der Waals surface area contributed by atoms with E-state index < -0.39 is 36.6 Å². The number of aliphatic hydroxyl groups is 5. The Morgan fingerprint density at radius 2 is 1.68 bits per heavy atom. The molecule has 0 aromatic heterocycles. The molecule has 0 radical (unpaired) electrons. The number of ether oxygens (including phenoxy) is 1. The number of nitrogens with zero attached hydrogens (tertiary/aromatic N) is 1. The van der Waals surface area contributed by atoms with E-state index in [1.54, 1.807) is 0 Å². The molecule has 1 aliphatic carbocycles. The zero-order chi connectivity index (χ0) is 17.7. The number of hydrogen-bond acceptors (Lipinski definition) is 7. The first-order valence-electron chi connectivity index (χ1n) is 8.81. The second-order valence-corrected chi connectivity index (χ2v) is 7.40. The minimum absolute atomic E-state index is 0.216. The van der Waals surface area contributed by atoms with Crippen LogP contribution in [0.15, 0.2) is 30.3 Å². The molecule has 4 rings (SSSR count). The van der Waals surface area contributed by atoms with E-state index in [1.807, 2.05) is 30.3 Å². The van der Waals surface area contributed by atoms with Crippen molar-refractivity contribution in [2.45, 2.75) is 61.7 Å². The molecule has 0 amide bonds. The molecule has 7 heteroatoms. The molecular weight excluding hydrogens is 326 g/mol. The van der Waals surface area contributed by atoms with Gasteiger partial charge in [-0.05, 0) is 12.0 Å². The largest absolute Gasteiger partial charge is 0.394 e. The maximum atomic E-state index is 10.4. The Labute approximate surface area is 146 Å². The third-order valence-electron chi connectivity index (χ3n) is 6.07. The fourth-order valence-corrected chi connectivity index (χ4v) is 4.84. The molecule has 3 fully saturated rings. The average molecular weight is 351 g/mol. The molecule has 9 atom stereocenters. The van der Waals surface area contributed by atoms with E-state index >= 15 is 0 Å². The third-order valence-corrected chi connectivity index (χ3v) is 6.07. The van der Waals surface area contributed by atoms with Crippen molar-refractivity contribution in [3.05, 3.63) is 35.9 Å². The topological polar surface area (TPSA) is 114 Å². The van der Waals surface area contributed by atoms with Gasteiger partial charge in [-0.25, -0.2) is 0 Å². The van der Waals surface area contributed by atoms with Crippen molar-refractivity contribution in [3.8, 4) is 0 Å². The van der Waals surface area contributed by atoms with Gasteiger partial charge >= 0.3 is 0 Å². The average Bonchev–Trinajstić information content (AvgIpc) is 3.22. The van der Waals surface area contributed by atoms with Gasteiger partial charge in [0.15, 0.2) is 0 Å². The Bertz CT molecular complexity index is 600. The minimum Gasteiger partial charge on any atom is -0.394 e. The smallest absolute Gasteiger partial charge is 0.111 e. The molecule has 0 spiro atoms. The summed E-state index contributed by atoms with van der Waals surface area (Å²) in [7, 11) is 0. The lowest BCUT2D eigenvalue weighted by Crippen LogP contribution is -2.59. The van der Waals surface area contributed by atoms with Gasteiger partial charge in [0.05, 0.1) is 18.8 Å². The number of piperidine rings is 1. The normalized spacial score (nSPS) is 46.8. The molecule has 2 saturated heterocycles. The van der Waals surface area contributed by atoms with E-state index in [9.17, 15) is 25.5 Å². The molecule has 2 heterocycles. The van der Waals surface area contributed by atoms with Crippen molar-refractivity contribution in [2.24, 2.45) is 5.92 Å². The predicted octanol–water partition coefficient (Wildman–Crippen LogP) is -1.54. The lowest BCUT2D eigenvalue weighted by atomic mass is 9.87. The third kappa shape index (κ3) is 2.71. The summed E-state index contributed by atoms with van der Waals surface area (Å²) in [5.41, 5.74) is 1.06. The van der Waals surface area contributed by atoms with Crippen molar-refractivity contribution in [3.63, 3.8) is 0 Å². The Balaban J connectivity index is 1.62. The summed E-state index contributed by atoms with van der Waals surface area (Å²) in [5, 5.41) is 50.5. The molecule has 3 aliphatic rings. The minimum atomic E-state index is -1.16. The van der Waals surface area contributed by atoms with Gasteiger partial charge in [-0.15, -0.1) is 0 Å². The van der Waals surface area contributed by atoms with Crippen LogP contribution in [0.25, 0.3) is 0 Å². The molecule has 0 unspecified atom stereocenters. The fourth-order valence-electron chi connectivity index (χ4n) is 4.84. The Morgan fingerprint density at radius 1 is 0.960 bits per heavy atom. The highest BCUT2D eigenvalue weighted by molar-refractivity contribution is 5.19. The van der Waals surface area contributed by atoms with Gasteiger partial charge in [-0.1, -0.05) is 30.3 Å². The summed E-state index contributed by atoms with van der Waals surface area (Å²) in [6, 6.07) is 9.25. The van der Waals surface area contributed by atoms with E-state index in [0.717, 1.165) is 5.56 Å². The van der Waals surface area contributed by atoms with E-state index in [4.69, 9.17) is 4.74 Å². The van der Waals surface area contributed by atoms with Crippen LogP contribution >= 0.6 is 0 Å². The summed E-state index contributed by atoms with van der Waals surface area (Å²) in [6.45, 7) is 0.183. The fraction of sp³-hybridized carbons (Fsp3) is 0.667. The SMILES string of the molecule is OC[C@H]1O[C@@H]([C@@H]2[C@@H]3C[C@@H]([C@@H](O)[C@H]3O)N2Cc2ccccc2)[C@@H](O)[C@@H]1O. The van der Waals surface area contributed by atoms with Crippen LogP contribution in [0.5, 0.6) is 0 Å². The quantitative estimate of drug-likeness (QED) is 0.447. The number of rotatable bonds is 4. The Hall–Kier alpha value is -1.06. The van der Waals surface area contributed by atoms with E-state index in [2.05, 4.69) is 4.90 Å². The van der Waals surface area contributed by atoms with E-state index in [-0.39, 0.29) is 24.6 Å². The van der Waals surface area contributed by atoms with Gasteiger partial charge in [0.25, 0.3) is 0 Å². The van der Waals surface area contributed by atoms with Crippen LogP contribution < -0.4 is 0 Å². The molecule has 5 N–H and O–H groups in total. The molecule has 1 aromatic rings. The molecule has 1 saturated carbocycles. The first-order chi connectivity index (χ1) is 12.0. The first kappa shape index (κ1) is 17.4. The van der Waals surface area contributed by atoms with Gasteiger partial charge in [0, 0.05) is 24.5 Å². The summed E-state index contributed by atoms with van der Waals surface area (Å²) in [6.07, 6.45) is -4.93.